The molecule has 3 aromatic carbocycles. The van der Waals surface area contributed by atoms with Crippen LogP contribution in [0.5, 0.6) is 0 Å². The maximum Gasteiger partial charge on any atom is 0.228 e. The summed E-state index contributed by atoms with van der Waals surface area (Å²) in [7, 11) is 0. The Morgan fingerprint density at radius 1 is 0.885 bits per heavy atom. The van der Waals surface area contributed by atoms with Gasteiger partial charge in [-0.05, 0) is 41.7 Å². The smallest absolute Gasteiger partial charge is 0.228 e. The van der Waals surface area contributed by atoms with Crippen molar-refractivity contribution in [3.05, 3.63) is 102 Å². The molecule has 1 N–H and O–H groups in total. The molecule has 0 heterocycles. The van der Waals surface area contributed by atoms with Gasteiger partial charge in [0.2, 0.25) is 5.91 Å². The standard InChI is InChI=1S/C24H23NO/c1-2-18-13-15-21(16-14-18)25-23(26)22-17-24(22,19-9-5-3-6-10-19)20-11-7-4-8-12-20/h3-16,22H,2,17H2,1H3,(H,25,26). The fourth-order valence-corrected chi connectivity index (χ4v) is 3.91. The molecular weight excluding hydrogens is 318 g/mol. The summed E-state index contributed by atoms with van der Waals surface area (Å²) in [6, 6.07) is 28.9. The van der Waals surface area contributed by atoms with E-state index < -0.39 is 0 Å². The fourth-order valence-electron chi connectivity index (χ4n) is 3.91. The van der Waals surface area contributed by atoms with Crippen LogP contribution in [0.2, 0.25) is 0 Å². The van der Waals surface area contributed by atoms with E-state index in [1.54, 1.807) is 0 Å². The van der Waals surface area contributed by atoms with Gasteiger partial charge in [-0.15, -0.1) is 0 Å². The van der Waals surface area contributed by atoms with Crippen LogP contribution in [0.15, 0.2) is 84.9 Å². The number of hydrogen-bond acceptors (Lipinski definition) is 1. The van der Waals surface area contributed by atoms with Crippen molar-refractivity contribution in [2.75, 3.05) is 5.32 Å². The van der Waals surface area contributed by atoms with Gasteiger partial charge in [0, 0.05) is 11.1 Å². The molecule has 0 aliphatic heterocycles. The van der Waals surface area contributed by atoms with Gasteiger partial charge in [-0.2, -0.15) is 0 Å². The SMILES string of the molecule is CCc1ccc(NC(=O)C2CC2(c2ccccc2)c2ccccc2)cc1. The highest BCUT2D eigenvalue weighted by atomic mass is 16.2. The zero-order valence-corrected chi connectivity index (χ0v) is 15.0. The van der Waals surface area contributed by atoms with Crippen molar-refractivity contribution in [3.63, 3.8) is 0 Å². The number of carbonyl (C=O) groups excluding carboxylic acids is 1. The van der Waals surface area contributed by atoms with Gasteiger partial charge < -0.3 is 5.32 Å². The zero-order chi connectivity index (χ0) is 18.0. The molecule has 2 nitrogen and oxygen atoms in total. The van der Waals surface area contributed by atoms with Crippen molar-refractivity contribution >= 4 is 11.6 Å². The van der Waals surface area contributed by atoms with Crippen LogP contribution in [0, 0.1) is 5.92 Å². The Hall–Kier alpha value is -2.87. The number of benzene rings is 3. The normalized spacial score (nSPS) is 17.5. The van der Waals surface area contributed by atoms with E-state index in [4.69, 9.17) is 0 Å². The summed E-state index contributed by atoms with van der Waals surface area (Å²) in [5, 5.41) is 3.11. The highest BCUT2D eigenvalue weighted by Gasteiger charge is 2.60. The quantitative estimate of drug-likeness (QED) is 0.679. The highest BCUT2D eigenvalue weighted by Crippen LogP contribution is 2.59. The minimum Gasteiger partial charge on any atom is -0.326 e. The lowest BCUT2D eigenvalue weighted by Gasteiger charge is -2.19. The maximum absolute atomic E-state index is 13.0. The molecular formula is C24H23NO. The molecule has 1 atom stereocenters. The zero-order valence-electron chi connectivity index (χ0n) is 15.0. The predicted molar refractivity (Wildman–Crippen MR) is 106 cm³/mol. The Kier molecular flexibility index (Phi) is 4.34. The van der Waals surface area contributed by atoms with Crippen LogP contribution in [-0.4, -0.2) is 5.91 Å². The predicted octanol–water partition coefficient (Wildman–Crippen LogP) is 5.19. The second-order valence-corrected chi connectivity index (χ2v) is 7.00. The summed E-state index contributed by atoms with van der Waals surface area (Å²) in [5.41, 5.74) is 4.36. The lowest BCUT2D eigenvalue weighted by Crippen LogP contribution is -2.22. The first-order valence-electron chi connectivity index (χ1n) is 9.25. The first-order valence-corrected chi connectivity index (χ1v) is 9.25. The molecule has 1 aliphatic carbocycles. The van der Waals surface area contributed by atoms with Gasteiger partial charge in [0.1, 0.15) is 0 Å². The minimum atomic E-state index is -0.212. The van der Waals surface area contributed by atoms with E-state index in [-0.39, 0.29) is 17.2 Å². The van der Waals surface area contributed by atoms with Crippen LogP contribution >= 0.6 is 0 Å². The van der Waals surface area contributed by atoms with Crippen LogP contribution in [-0.2, 0) is 16.6 Å². The Morgan fingerprint density at radius 2 is 1.42 bits per heavy atom. The van der Waals surface area contributed by atoms with Crippen LogP contribution < -0.4 is 5.32 Å². The Labute approximate surface area is 154 Å². The lowest BCUT2D eigenvalue weighted by molar-refractivity contribution is -0.117. The van der Waals surface area contributed by atoms with E-state index >= 15 is 0 Å². The third-order valence-electron chi connectivity index (χ3n) is 5.48. The number of nitrogens with one attached hydrogen (secondary N) is 1. The van der Waals surface area contributed by atoms with Crippen LogP contribution in [0.1, 0.15) is 30.0 Å². The molecule has 1 saturated carbocycles. The third kappa shape index (κ3) is 2.92. The second-order valence-electron chi connectivity index (χ2n) is 7.00. The molecule has 0 bridgehead atoms. The highest BCUT2D eigenvalue weighted by molar-refractivity contribution is 5.97. The summed E-state index contributed by atoms with van der Waals surface area (Å²) in [5.74, 6) is 0.0557. The summed E-state index contributed by atoms with van der Waals surface area (Å²) in [6.07, 6.45) is 1.85. The van der Waals surface area contributed by atoms with Gasteiger partial charge in [-0.3, -0.25) is 4.79 Å². The van der Waals surface area contributed by atoms with Crippen molar-refractivity contribution in [1.29, 1.82) is 0 Å². The van der Waals surface area contributed by atoms with Crippen molar-refractivity contribution in [2.24, 2.45) is 5.92 Å². The van der Waals surface area contributed by atoms with E-state index in [9.17, 15) is 4.79 Å². The first-order chi connectivity index (χ1) is 12.7. The monoisotopic (exact) mass is 341 g/mol. The molecule has 4 rings (SSSR count). The van der Waals surface area contributed by atoms with Gasteiger partial charge in [0.15, 0.2) is 0 Å². The second kappa shape index (κ2) is 6.80. The van der Waals surface area contributed by atoms with Crippen molar-refractivity contribution in [2.45, 2.75) is 25.2 Å². The van der Waals surface area contributed by atoms with E-state index in [0.717, 1.165) is 18.5 Å². The molecule has 3 aromatic rings. The number of carbonyl (C=O) groups is 1. The fraction of sp³-hybridized carbons (Fsp3) is 0.208. The molecule has 2 heteroatoms. The number of anilines is 1. The lowest BCUT2D eigenvalue weighted by atomic mass is 9.85. The summed E-state index contributed by atoms with van der Waals surface area (Å²) >= 11 is 0. The Balaban J connectivity index is 1.61. The maximum atomic E-state index is 13.0. The minimum absolute atomic E-state index is 0.0434. The molecule has 0 saturated heterocycles. The molecule has 1 fully saturated rings. The average Bonchev–Trinajstić information content (AvgIpc) is 3.47. The average molecular weight is 341 g/mol. The number of aryl methyl sites for hydroxylation is 1. The van der Waals surface area contributed by atoms with Crippen molar-refractivity contribution < 1.29 is 4.79 Å². The molecule has 0 aromatic heterocycles. The molecule has 26 heavy (non-hydrogen) atoms. The summed E-state index contributed by atoms with van der Waals surface area (Å²) < 4.78 is 0. The first kappa shape index (κ1) is 16.6. The van der Waals surface area contributed by atoms with Crippen LogP contribution in [0.3, 0.4) is 0 Å². The molecule has 1 amide bonds. The van der Waals surface area contributed by atoms with Gasteiger partial charge in [-0.1, -0.05) is 79.7 Å². The van der Waals surface area contributed by atoms with Crippen molar-refractivity contribution in [1.82, 2.24) is 0 Å². The van der Waals surface area contributed by atoms with Gasteiger partial charge in [0.25, 0.3) is 0 Å². The van der Waals surface area contributed by atoms with Crippen molar-refractivity contribution in [3.8, 4) is 0 Å². The van der Waals surface area contributed by atoms with Gasteiger partial charge in [-0.25, -0.2) is 0 Å². The topological polar surface area (TPSA) is 29.1 Å². The van der Waals surface area contributed by atoms with E-state index in [2.05, 4.69) is 72.9 Å². The van der Waals surface area contributed by atoms with Gasteiger partial charge in [0.05, 0.1) is 5.92 Å². The Bertz CT molecular complexity index is 845. The van der Waals surface area contributed by atoms with Crippen LogP contribution in [0.4, 0.5) is 5.69 Å². The number of amides is 1. The Morgan fingerprint density at radius 3 is 1.92 bits per heavy atom. The molecule has 0 radical (unpaired) electrons. The largest absolute Gasteiger partial charge is 0.326 e. The molecule has 1 aliphatic rings. The van der Waals surface area contributed by atoms with Crippen LogP contribution in [0.25, 0.3) is 0 Å². The van der Waals surface area contributed by atoms with Gasteiger partial charge >= 0.3 is 0 Å². The molecule has 130 valence electrons. The number of hydrogen-bond donors (Lipinski definition) is 1. The molecule has 0 spiro atoms. The summed E-state index contributed by atoms with van der Waals surface area (Å²) in [4.78, 5) is 13.0. The van der Waals surface area contributed by atoms with E-state index in [1.807, 2.05) is 24.3 Å². The van der Waals surface area contributed by atoms with E-state index in [0.29, 0.717) is 0 Å². The third-order valence-corrected chi connectivity index (χ3v) is 5.48. The van der Waals surface area contributed by atoms with E-state index in [1.165, 1.54) is 16.7 Å². The molecule has 1 unspecified atom stereocenters. The summed E-state index contributed by atoms with van der Waals surface area (Å²) in [6.45, 7) is 2.13. The number of rotatable bonds is 5.